The molecular formula is C20H18ClN4O+. The number of rotatable bonds is 2. The van der Waals surface area contributed by atoms with E-state index in [1.54, 1.807) is 0 Å². The van der Waals surface area contributed by atoms with E-state index < -0.39 is 5.91 Å². The third kappa shape index (κ3) is 2.32. The highest BCUT2D eigenvalue weighted by Gasteiger charge is 2.46. The normalized spacial score (nSPS) is 21.5. The number of amidine groups is 1. The average molecular weight is 366 g/mol. The molecule has 6 heteroatoms. The van der Waals surface area contributed by atoms with Gasteiger partial charge in [0, 0.05) is 23.6 Å². The van der Waals surface area contributed by atoms with Crippen molar-refractivity contribution in [2.75, 3.05) is 13.6 Å². The Hall–Kier alpha value is -2.76. The Bertz CT molecular complexity index is 1020. The Balaban J connectivity index is 2.05. The van der Waals surface area contributed by atoms with Crippen LogP contribution >= 0.6 is 11.6 Å². The van der Waals surface area contributed by atoms with E-state index in [0.717, 1.165) is 34.1 Å². The molecule has 2 N–H and O–H groups in total. The molecule has 4 rings (SSSR count). The van der Waals surface area contributed by atoms with Gasteiger partial charge in [0.05, 0.1) is 18.3 Å². The van der Waals surface area contributed by atoms with E-state index in [4.69, 9.17) is 22.3 Å². The van der Waals surface area contributed by atoms with E-state index in [1.165, 1.54) is 0 Å². The van der Waals surface area contributed by atoms with Crippen molar-refractivity contribution in [3.63, 3.8) is 0 Å². The molecule has 2 aliphatic heterocycles. The van der Waals surface area contributed by atoms with E-state index in [2.05, 4.69) is 4.99 Å². The number of fused-ring (bicyclic) bond motifs is 3. The molecule has 0 spiro atoms. The lowest BCUT2D eigenvalue weighted by Crippen LogP contribution is -2.47. The minimum absolute atomic E-state index is 0.295. The lowest BCUT2D eigenvalue weighted by molar-refractivity contribution is -0.114. The van der Waals surface area contributed by atoms with E-state index in [9.17, 15) is 4.79 Å². The predicted molar refractivity (Wildman–Crippen MR) is 105 cm³/mol. The Morgan fingerprint density at radius 3 is 2.62 bits per heavy atom. The van der Waals surface area contributed by atoms with Crippen LogP contribution in [-0.2, 0) is 4.79 Å². The summed E-state index contributed by atoms with van der Waals surface area (Å²) in [6.07, 6.45) is 0. The molecule has 0 fully saturated rings. The van der Waals surface area contributed by atoms with Gasteiger partial charge in [0.25, 0.3) is 5.91 Å². The predicted octanol–water partition coefficient (Wildman–Crippen LogP) is 3.26. The first kappa shape index (κ1) is 16.7. The topological polar surface area (TPSA) is 67.8 Å². The fourth-order valence-electron chi connectivity index (χ4n) is 3.64. The molecule has 2 aromatic rings. The van der Waals surface area contributed by atoms with Crippen molar-refractivity contribution in [1.29, 1.82) is 0 Å². The van der Waals surface area contributed by atoms with Crippen molar-refractivity contribution in [2.45, 2.75) is 6.92 Å². The van der Waals surface area contributed by atoms with Crippen molar-refractivity contribution in [3.05, 3.63) is 76.1 Å². The monoisotopic (exact) mass is 365 g/mol. The molecule has 2 heterocycles. The highest BCUT2D eigenvalue weighted by Crippen LogP contribution is 2.41. The number of aliphatic imine (C=N–C) groups is 2. The minimum Gasteiger partial charge on any atom is -0.364 e. The summed E-state index contributed by atoms with van der Waals surface area (Å²) >= 11 is 6.31. The first-order valence-electron chi connectivity index (χ1n) is 8.29. The van der Waals surface area contributed by atoms with E-state index >= 15 is 0 Å². The van der Waals surface area contributed by atoms with E-state index in [0.29, 0.717) is 21.7 Å². The molecule has 0 saturated carbocycles. The highest BCUT2D eigenvalue weighted by atomic mass is 35.5. The Morgan fingerprint density at radius 2 is 1.92 bits per heavy atom. The number of carbonyl (C=O) groups is 1. The summed E-state index contributed by atoms with van der Waals surface area (Å²) in [7, 11) is 2.01. The number of hydrogen-bond donors (Lipinski definition) is 1. The summed E-state index contributed by atoms with van der Waals surface area (Å²) in [5.74, 6) is 0.247. The standard InChI is InChI=1S/C20H17ClN4O/c1-12-24-19(20(22)26)17-11-23-18(13-6-4-3-5-7-13)15-10-14(21)8-9-16(15)25(12,17)2/h3-10H,11H2,1-2H3,(H-,22,26)/p+1. The molecule has 130 valence electrons. The van der Waals surface area contributed by atoms with E-state index in [-0.39, 0.29) is 0 Å². The summed E-state index contributed by atoms with van der Waals surface area (Å²) < 4.78 is 0.296. The van der Waals surface area contributed by atoms with Gasteiger partial charge in [-0.05, 0) is 12.1 Å². The van der Waals surface area contributed by atoms with Gasteiger partial charge in [-0.3, -0.25) is 9.79 Å². The van der Waals surface area contributed by atoms with Gasteiger partial charge >= 0.3 is 0 Å². The molecule has 0 aliphatic carbocycles. The second kappa shape index (κ2) is 5.90. The quantitative estimate of drug-likeness (QED) is 0.815. The van der Waals surface area contributed by atoms with Gasteiger partial charge < -0.3 is 5.73 Å². The van der Waals surface area contributed by atoms with Gasteiger partial charge in [0.1, 0.15) is 6.54 Å². The molecule has 1 unspecified atom stereocenters. The number of primary amides is 1. The van der Waals surface area contributed by atoms with Crippen molar-refractivity contribution >= 4 is 34.7 Å². The van der Waals surface area contributed by atoms with Crippen LogP contribution in [0.25, 0.3) is 0 Å². The molecular weight excluding hydrogens is 348 g/mol. The second-order valence-electron chi connectivity index (χ2n) is 6.52. The third-order valence-electron chi connectivity index (χ3n) is 5.10. The Morgan fingerprint density at radius 1 is 1.19 bits per heavy atom. The van der Waals surface area contributed by atoms with Crippen molar-refractivity contribution in [1.82, 2.24) is 4.48 Å². The zero-order chi connectivity index (χ0) is 18.5. The van der Waals surface area contributed by atoms with Gasteiger partial charge in [0.15, 0.2) is 17.1 Å². The number of hydrogen-bond acceptors (Lipinski definition) is 3. The minimum atomic E-state index is -0.532. The third-order valence-corrected chi connectivity index (χ3v) is 5.33. The molecule has 0 bridgehead atoms. The molecule has 1 amide bonds. The maximum Gasteiger partial charge on any atom is 0.273 e. The maximum absolute atomic E-state index is 12.0. The smallest absolute Gasteiger partial charge is 0.273 e. The number of likely N-dealkylation sites (N-methyl/N-ethyl adjacent to an activating group) is 1. The maximum atomic E-state index is 12.0. The number of halogens is 1. The zero-order valence-electron chi connectivity index (χ0n) is 14.5. The number of amides is 1. The molecule has 2 aromatic carbocycles. The van der Waals surface area contributed by atoms with Gasteiger partial charge in [-0.2, -0.15) is 4.99 Å². The van der Waals surface area contributed by atoms with E-state index in [1.807, 2.05) is 62.5 Å². The fourth-order valence-corrected chi connectivity index (χ4v) is 3.81. The second-order valence-corrected chi connectivity index (χ2v) is 6.95. The first-order chi connectivity index (χ1) is 12.4. The number of nitrogens with two attached hydrogens (primary N) is 1. The van der Waals surface area contributed by atoms with Crippen LogP contribution in [-0.4, -0.2) is 31.0 Å². The van der Waals surface area contributed by atoms with Crippen LogP contribution in [0.1, 0.15) is 18.1 Å². The molecule has 0 radical (unpaired) electrons. The molecule has 26 heavy (non-hydrogen) atoms. The number of carbonyl (C=O) groups excluding carboxylic acids is 1. The van der Waals surface area contributed by atoms with Crippen LogP contribution < -0.4 is 10.2 Å². The highest BCUT2D eigenvalue weighted by molar-refractivity contribution is 6.31. The fraction of sp³-hybridized carbons (Fsp3) is 0.150. The first-order valence-corrected chi connectivity index (χ1v) is 8.67. The molecule has 0 aromatic heterocycles. The van der Waals surface area contributed by atoms with Crippen LogP contribution in [0.3, 0.4) is 0 Å². The largest absolute Gasteiger partial charge is 0.364 e. The molecule has 0 saturated heterocycles. The lowest BCUT2D eigenvalue weighted by atomic mass is 9.99. The van der Waals surface area contributed by atoms with Crippen molar-refractivity contribution < 1.29 is 4.79 Å². The van der Waals surface area contributed by atoms with Crippen molar-refractivity contribution in [2.24, 2.45) is 15.7 Å². The summed E-state index contributed by atoms with van der Waals surface area (Å²) in [5.41, 5.74) is 10.4. The van der Waals surface area contributed by atoms with Gasteiger partial charge in [-0.25, -0.2) is 4.48 Å². The van der Waals surface area contributed by atoms with Crippen molar-refractivity contribution in [3.8, 4) is 0 Å². The molecule has 2 aliphatic rings. The van der Waals surface area contributed by atoms with Gasteiger partial charge in [-0.15, -0.1) is 0 Å². The van der Waals surface area contributed by atoms with Crippen LogP contribution in [0, 0.1) is 0 Å². The van der Waals surface area contributed by atoms with Crippen LogP contribution in [0.15, 0.2) is 69.9 Å². The number of quaternary nitrogens is 1. The molecule has 1 atom stereocenters. The van der Waals surface area contributed by atoms with Crippen LogP contribution in [0.4, 0.5) is 5.69 Å². The van der Waals surface area contributed by atoms with Gasteiger partial charge in [-0.1, -0.05) is 41.9 Å². The van der Waals surface area contributed by atoms with Crippen LogP contribution in [0.5, 0.6) is 0 Å². The number of benzene rings is 2. The average Bonchev–Trinajstić information content (AvgIpc) is 2.80. The summed E-state index contributed by atoms with van der Waals surface area (Å²) in [6.45, 7) is 2.24. The van der Waals surface area contributed by atoms with Gasteiger partial charge in [0.2, 0.25) is 5.84 Å². The summed E-state index contributed by atoms with van der Waals surface area (Å²) in [6, 6.07) is 15.7. The van der Waals surface area contributed by atoms with Crippen LogP contribution in [0.2, 0.25) is 5.02 Å². The summed E-state index contributed by atoms with van der Waals surface area (Å²) in [5, 5.41) is 0.635. The SMILES string of the molecule is CC1=NC(C(N)=O)=C2CN=C(c3ccccc3)c3cc(Cl)ccc3[N+]12C. The lowest BCUT2D eigenvalue weighted by Gasteiger charge is -2.30. The Kier molecular flexibility index (Phi) is 3.79. The Labute approximate surface area is 156 Å². The molecule has 5 nitrogen and oxygen atoms in total. The zero-order valence-corrected chi connectivity index (χ0v) is 15.3. The summed E-state index contributed by atoms with van der Waals surface area (Å²) in [4.78, 5) is 21.2. The number of nitrogens with zero attached hydrogens (tertiary/aromatic N) is 3.